The number of hydrogen-bond acceptors (Lipinski definition) is 3. The Morgan fingerprint density at radius 2 is 1.53 bits per heavy atom. The van der Waals surface area contributed by atoms with Gasteiger partial charge in [-0.2, -0.15) is 0 Å². The SMILES string of the molecule is CC(C)CN1CCN(C(C)CNC(C)C)CC1. The lowest BCUT2D eigenvalue weighted by Crippen LogP contribution is -2.52. The average molecular weight is 241 g/mol. The second-order valence-corrected chi connectivity index (χ2v) is 6.14. The van der Waals surface area contributed by atoms with Gasteiger partial charge in [-0.05, 0) is 12.8 Å². The molecule has 0 radical (unpaired) electrons. The zero-order valence-corrected chi connectivity index (χ0v) is 12.4. The largest absolute Gasteiger partial charge is 0.313 e. The van der Waals surface area contributed by atoms with Crippen molar-refractivity contribution < 1.29 is 0 Å². The van der Waals surface area contributed by atoms with Crippen LogP contribution in [0.15, 0.2) is 0 Å². The Kier molecular flexibility index (Phi) is 6.45. The highest BCUT2D eigenvalue weighted by Gasteiger charge is 2.21. The van der Waals surface area contributed by atoms with Gasteiger partial charge in [0.15, 0.2) is 0 Å². The number of hydrogen-bond donors (Lipinski definition) is 1. The summed E-state index contributed by atoms with van der Waals surface area (Å²) in [5, 5.41) is 3.53. The van der Waals surface area contributed by atoms with Gasteiger partial charge in [0.2, 0.25) is 0 Å². The molecule has 1 aliphatic heterocycles. The van der Waals surface area contributed by atoms with Crippen molar-refractivity contribution in [1.29, 1.82) is 0 Å². The van der Waals surface area contributed by atoms with E-state index in [-0.39, 0.29) is 0 Å². The van der Waals surface area contributed by atoms with Crippen LogP contribution in [0.3, 0.4) is 0 Å². The topological polar surface area (TPSA) is 18.5 Å². The first-order valence-electron chi connectivity index (χ1n) is 7.18. The van der Waals surface area contributed by atoms with Crippen LogP contribution in [0.5, 0.6) is 0 Å². The molecule has 0 aromatic carbocycles. The smallest absolute Gasteiger partial charge is 0.0193 e. The molecule has 0 aliphatic carbocycles. The first kappa shape index (κ1) is 14.9. The summed E-state index contributed by atoms with van der Waals surface area (Å²) >= 11 is 0. The minimum atomic E-state index is 0.597. The molecule has 3 heteroatoms. The van der Waals surface area contributed by atoms with E-state index in [1.165, 1.54) is 32.7 Å². The molecule has 1 N–H and O–H groups in total. The molecule has 0 saturated carbocycles. The summed E-state index contributed by atoms with van der Waals surface area (Å²) in [6, 6.07) is 1.26. The summed E-state index contributed by atoms with van der Waals surface area (Å²) in [7, 11) is 0. The fraction of sp³-hybridized carbons (Fsp3) is 1.00. The molecule has 1 heterocycles. The summed E-state index contributed by atoms with van der Waals surface area (Å²) in [6.45, 7) is 18.7. The molecule has 1 saturated heterocycles. The quantitative estimate of drug-likeness (QED) is 0.763. The molecule has 1 unspecified atom stereocenters. The van der Waals surface area contributed by atoms with Crippen LogP contribution in [-0.4, -0.2) is 61.2 Å². The van der Waals surface area contributed by atoms with E-state index in [1.54, 1.807) is 0 Å². The van der Waals surface area contributed by atoms with Gasteiger partial charge < -0.3 is 10.2 Å². The van der Waals surface area contributed by atoms with Crippen LogP contribution in [0.25, 0.3) is 0 Å². The third kappa shape index (κ3) is 5.84. The molecule has 102 valence electrons. The lowest BCUT2D eigenvalue weighted by atomic mass is 10.1. The standard InChI is InChI=1S/C14H31N3/c1-12(2)11-16-6-8-17(9-7-16)14(5)10-15-13(3)4/h12-15H,6-11H2,1-5H3. The maximum atomic E-state index is 3.53. The van der Waals surface area contributed by atoms with Gasteiger partial charge in [-0.25, -0.2) is 0 Å². The van der Waals surface area contributed by atoms with E-state index in [4.69, 9.17) is 0 Å². The highest BCUT2D eigenvalue weighted by molar-refractivity contribution is 4.78. The number of nitrogens with one attached hydrogen (secondary N) is 1. The Balaban J connectivity index is 2.21. The van der Waals surface area contributed by atoms with Gasteiger partial charge >= 0.3 is 0 Å². The fourth-order valence-corrected chi connectivity index (χ4v) is 2.44. The average Bonchev–Trinajstić information content (AvgIpc) is 2.26. The van der Waals surface area contributed by atoms with E-state index in [0.29, 0.717) is 12.1 Å². The number of nitrogens with zero attached hydrogens (tertiary/aromatic N) is 2. The predicted molar refractivity (Wildman–Crippen MR) is 75.5 cm³/mol. The zero-order valence-electron chi connectivity index (χ0n) is 12.4. The first-order valence-corrected chi connectivity index (χ1v) is 7.18. The van der Waals surface area contributed by atoms with Crippen molar-refractivity contribution in [1.82, 2.24) is 15.1 Å². The zero-order chi connectivity index (χ0) is 12.8. The first-order chi connectivity index (χ1) is 7.99. The normalized spacial score (nSPS) is 21.4. The van der Waals surface area contributed by atoms with E-state index >= 15 is 0 Å². The van der Waals surface area contributed by atoms with Gasteiger partial charge in [0.25, 0.3) is 0 Å². The molecular weight excluding hydrogens is 210 g/mol. The fourth-order valence-electron chi connectivity index (χ4n) is 2.44. The highest BCUT2D eigenvalue weighted by atomic mass is 15.3. The molecule has 1 aliphatic rings. The van der Waals surface area contributed by atoms with Crippen molar-refractivity contribution in [3.05, 3.63) is 0 Å². The summed E-state index contributed by atoms with van der Waals surface area (Å²) in [5.41, 5.74) is 0. The van der Waals surface area contributed by atoms with E-state index in [2.05, 4.69) is 49.7 Å². The van der Waals surface area contributed by atoms with Gasteiger partial charge in [0.1, 0.15) is 0 Å². The molecule has 17 heavy (non-hydrogen) atoms. The predicted octanol–water partition coefficient (Wildman–Crippen LogP) is 1.65. The maximum absolute atomic E-state index is 3.53. The van der Waals surface area contributed by atoms with E-state index in [1.807, 2.05) is 0 Å². The summed E-state index contributed by atoms with van der Waals surface area (Å²) in [4.78, 5) is 5.22. The van der Waals surface area contributed by atoms with Crippen molar-refractivity contribution in [2.24, 2.45) is 5.92 Å². The van der Waals surface area contributed by atoms with Crippen molar-refractivity contribution in [2.45, 2.75) is 46.7 Å². The number of rotatable bonds is 6. The minimum Gasteiger partial charge on any atom is -0.313 e. The van der Waals surface area contributed by atoms with Crippen LogP contribution < -0.4 is 5.32 Å². The molecule has 0 aromatic heterocycles. The molecule has 1 atom stereocenters. The van der Waals surface area contributed by atoms with Gasteiger partial charge in [-0.1, -0.05) is 27.7 Å². The van der Waals surface area contributed by atoms with Crippen LogP contribution in [0.2, 0.25) is 0 Å². The Morgan fingerprint density at radius 1 is 0.941 bits per heavy atom. The van der Waals surface area contributed by atoms with Crippen LogP contribution in [0.1, 0.15) is 34.6 Å². The van der Waals surface area contributed by atoms with Gasteiger partial charge in [0.05, 0.1) is 0 Å². The molecule has 1 rings (SSSR count). The summed E-state index contributed by atoms with van der Waals surface area (Å²) in [5.74, 6) is 0.793. The second kappa shape index (κ2) is 7.34. The van der Waals surface area contributed by atoms with Gasteiger partial charge in [0, 0.05) is 51.4 Å². The van der Waals surface area contributed by atoms with Crippen molar-refractivity contribution in [2.75, 3.05) is 39.3 Å². The number of piperazine rings is 1. The molecule has 0 amide bonds. The van der Waals surface area contributed by atoms with E-state index < -0.39 is 0 Å². The molecule has 0 bridgehead atoms. The van der Waals surface area contributed by atoms with Crippen LogP contribution in [0.4, 0.5) is 0 Å². The van der Waals surface area contributed by atoms with Crippen LogP contribution in [-0.2, 0) is 0 Å². The van der Waals surface area contributed by atoms with Crippen molar-refractivity contribution >= 4 is 0 Å². The minimum absolute atomic E-state index is 0.597. The van der Waals surface area contributed by atoms with E-state index in [9.17, 15) is 0 Å². The van der Waals surface area contributed by atoms with Gasteiger partial charge in [-0.15, -0.1) is 0 Å². The summed E-state index contributed by atoms with van der Waals surface area (Å²) < 4.78 is 0. The van der Waals surface area contributed by atoms with E-state index in [0.717, 1.165) is 12.5 Å². The maximum Gasteiger partial charge on any atom is 0.0193 e. The summed E-state index contributed by atoms with van der Waals surface area (Å²) in [6.07, 6.45) is 0. The molecule has 0 spiro atoms. The monoisotopic (exact) mass is 241 g/mol. The second-order valence-electron chi connectivity index (χ2n) is 6.14. The molecule has 1 fully saturated rings. The molecule has 3 nitrogen and oxygen atoms in total. The Hall–Kier alpha value is -0.120. The lowest BCUT2D eigenvalue weighted by molar-refractivity contribution is 0.0936. The van der Waals surface area contributed by atoms with Crippen LogP contribution in [0, 0.1) is 5.92 Å². The molecular formula is C14H31N3. The van der Waals surface area contributed by atoms with Crippen molar-refractivity contribution in [3.63, 3.8) is 0 Å². The Bertz CT molecular complexity index is 196. The third-order valence-corrected chi connectivity index (χ3v) is 3.48. The Labute approximate surface area is 108 Å². The molecule has 0 aromatic rings. The lowest BCUT2D eigenvalue weighted by Gasteiger charge is -2.39. The Morgan fingerprint density at radius 3 is 2.00 bits per heavy atom. The van der Waals surface area contributed by atoms with Gasteiger partial charge in [-0.3, -0.25) is 4.90 Å². The van der Waals surface area contributed by atoms with Crippen LogP contribution >= 0.6 is 0 Å². The highest BCUT2D eigenvalue weighted by Crippen LogP contribution is 2.08. The van der Waals surface area contributed by atoms with Crippen molar-refractivity contribution in [3.8, 4) is 0 Å². The third-order valence-electron chi connectivity index (χ3n) is 3.48.